The molecule has 0 bridgehead atoms. The first-order valence-electron chi connectivity index (χ1n) is 10.6. The van der Waals surface area contributed by atoms with Gasteiger partial charge in [-0.2, -0.15) is 0 Å². The number of morpholine rings is 1. The molecule has 2 aliphatic heterocycles. The first-order chi connectivity index (χ1) is 13.3. The molecule has 1 N–H and O–H groups in total. The number of ether oxygens (including phenoxy) is 1. The second-order valence-electron chi connectivity index (χ2n) is 7.62. The van der Waals surface area contributed by atoms with Crippen molar-refractivity contribution in [1.82, 2.24) is 24.7 Å². The third-order valence-electron chi connectivity index (χ3n) is 5.53. The zero-order chi connectivity index (χ0) is 18.9. The van der Waals surface area contributed by atoms with Gasteiger partial charge in [-0.1, -0.05) is 0 Å². The molecule has 3 rings (SSSR count). The van der Waals surface area contributed by atoms with Crippen LogP contribution in [0, 0.1) is 12.8 Å². The van der Waals surface area contributed by atoms with Crippen molar-refractivity contribution in [3.05, 3.63) is 18.2 Å². The second-order valence-corrected chi connectivity index (χ2v) is 7.62. The van der Waals surface area contributed by atoms with Crippen molar-refractivity contribution < 1.29 is 4.74 Å². The fraction of sp³-hybridized carbons (Fsp3) is 0.800. The first-order valence-corrected chi connectivity index (χ1v) is 10.6. The molecule has 1 atom stereocenters. The van der Waals surface area contributed by atoms with Crippen molar-refractivity contribution in [3.8, 4) is 0 Å². The molecule has 0 spiro atoms. The summed E-state index contributed by atoms with van der Waals surface area (Å²) in [5.41, 5.74) is 0. The molecule has 27 heavy (non-hydrogen) atoms. The van der Waals surface area contributed by atoms with E-state index in [-0.39, 0.29) is 0 Å². The van der Waals surface area contributed by atoms with Gasteiger partial charge in [0.25, 0.3) is 0 Å². The molecule has 0 aliphatic carbocycles. The number of imidazole rings is 1. The molecule has 2 saturated heterocycles. The largest absolute Gasteiger partial charge is 0.379 e. The lowest BCUT2D eigenvalue weighted by atomic mass is 10.1. The maximum Gasteiger partial charge on any atom is 0.193 e. The van der Waals surface area contributed by atoms with Crippen LogP contribution in [-0.4, -0.2) is 84.3 Å². The molecule has 1 unspecified atom stereocenters. The molecule has 7 heteroatoms. The van der Waals surface area contributed by atoms with Crippen molar-refractivity contribution in [2.24, 2.45) is 10.9 Å². The molecular formula is C20H36N6O. The summed E-state index contributed by atoms with van der Waals surface area (Å²) >= 11 is 0. The highest BCUT2D eigenvalue weighted by atomic mass is 16.5. The monoisotopic (exact) mass is 376 g/mol. The number of unbranched alkanes of at least 4 members (excludes halogenated alkanes) is 1. The summed E-state index contributed by atoms with van der Waals surface area (Å²) in [6.07, 6.45) is 7.44. The summed E-state index contributed by atoms with van der Waals surface area (Å²) in [6.45, 7) is 14.4. The molecule has 2 fully saturated rings. The molecule has 0 saturated carbocycles. The van der Waals surface area contributed by atoms with Gasteiger partial charge in [-0.25, -0.2) is 4.98 Å². The number of rotatable bonds is 8. The van der Waals surface area contributed by atoms with Crippen molar-refractivity contribution >= 4 is 5.96 Å². The minimum absolute atomic E-state index is 0.746. The zero-order valence-corrected chi connectivity index (χ0v) is 17.1. The lowest BCUT2D eigenvalue weighted by Gasteiger charge is -2.29. The van der Waals surface area contributed by atoms with E-state index in [0.29, 0.717) is 0 Å². The van der Waals surface area contributed by atoms with Gasteiger partial charge >= 0.3 is 0 Å². The molecule has 7 nitrogen and oxygen atoms in total. The van der Waals surface area contributed by atoms with E-state index in [2.05, 4.69) is 44.7 Å². The summed E-state index contributed by atoms with van der Waals surface area (Å²) in [6, 6.07) is 0. The number of hydrogen-bond acceptors (Lipinski definition) is 4. The van der Waals surface area contributed by atoms with Crippen LogP contribution in [0.3, 0.4) is 0 Å². The van der Waals surface area contributed by atoms with Crippen LogP contribution in [0.2, 0.25) is 0 Å². The van der Waals surface area contributed by atoms with Crippen molar-refractivity contribution in [1.29, 1.82) is 0 Å². The van der Waals surface area contributed by atoms with Crippen LogP contribution in [0.5, 0.6) is 0 Å². The van der Waals surface area contributed by atoms with Crippen molar-refractivity contribution in [2.75, 3.05) is 59.0 Å². The maximum atomic E-state index is 5.46. The third-order valence-corrected chi connectivity index (χ3v) is 5.53. The highest BCUT2D eigenvalue weighted by Crippen LogP contribution is 2.18. The number of likely N-dealkylation sites (tertiary alicyclic amines) is 1. The molecule has 0 aromatic carbocycles. The van der Waals surface area contributed by atoms with E-state index in [1.807, 2.05) is 6.20 Å². The zero-order valence-electron chi connectivity index (χ0n) is 17.1. The van der Waals surface area contributed by atoms with Gasteiger partial charge in [0.1, 0.15) is 5.82 Å². The van der Waals surface area contributed by atoms with E-state index in [4.69, 9.17) is 9.73 Å². The van der Waals surface area contributed by atoms with Gasteiger partial charge in [-0.3, -0.25) is 9.89 Å². The van der Waals surface area contributed by atoms with Crippen molar-refractivity contribution in [3.63, 3.8) is 0 Å². The Morgan fingerprint density at radius 2 is 2.15 bits per heavy atom. The fourth-order valence-electron chi connectivity index (χ4n) is 3.97. The summed E-state index contributed by atoms with van der Waals surface area (Å²) in [5, 5.41) is 3.49. The summed E-state index contributed by atoms with van der Waals surface area (Å²) < 4.78 is 7.68. The van der Waals surface area contributed by atoms with E-state index in [9.17, 15) is 0 Å². The van der Waals surface area contributed by atoms with E-state index >= 15 is 0 Å². The van der Waals surface area contributed by atoms with Crippen LogP contribution in [0.15, 0.2) is 17.4 Å². The number of nitrogens with one attached hydrogen (secondary N) is 1. The van der Waals surface area contributed by atoms with E-state index in [1.54, 1.807) is 0 Å². The Kier molecular flexibility index (Phi) is 7.95. The molecule has 2 aliphatic rings. The number of guanidine groups is 1. The van der Waals surface area contributed by atoms with Crippen LogP contribution < -0.4 is 5.32 Å². The predicted octanol–water partition coefficient (Wildman–Crippen LogP) is 1.59. The van der Waals surface area contributed by atoms with Crippen LogP contribution in [-0.2, 0) is 11.3 Å². The molecule has 0 amide bonds. The molecule has 152 valence electrons. The number of hydrogen-bond donors (Lipinski definition) is 1. The first kappa shape index (κ1) is 20.1. The summed E-state index contributed by atoms with van der Waals surface area (Å²) in [4.78, 5) is 14.2. The fourth-order valence-corrected chi connectivity index (χ4v) is 3.97. The lowest BCUT2D eigenvalue weighted by Crippen LogP contribution is -2.42. The Balaban J connectivity index is 1.40. The normalized spacial score (nSPS) is 21.8. The van der Waals surface area contributed by atoms with Gasteiger partial charge in [-0.05, 0) is 39.0 Å². The number of aryl methyl sites for hydroxylation is 2. The molecule has 1 aromatic heterocycles. The topological polar surface area (TPSA) is 57.9 Å². The minimum atomic E-state index is 0.746. The Bertz CT molecular complexity index is 581. The maximum absolute atomic E-state index is 5.46. The highest BCUT2D eigenvalue weighted by Gasteiger charge is 2.26. The van der Waals surface area contributed by atoms with Crippen LogP contribution in [0.1, 0.15) is 32.0 Å². The lowest BCUT2D eigenvalue weighted by molar-refractivity contribution is 0.0315. The van der Waals surface area contributed by atoms with Gasteiger partial charge in [0, 0.05) is 64.8 Å². The van der Waals surface area contributed by atoms with Crippen molar-refractivity contribution in [2.45, 2.75) is 39.7 Å². The molecule has 1 aromatic rings. The average Bonchev–Trinajstić information content (AvgIpc) is 3.31. The number of aliphatic imine (C=N–C) groups is 1. The Morgan fingerprint density at radius 3 is 2.89 bits per heavy atom. The quantitative estimate of drug-likeness (QED) is 0.424. The SMILES string of the molecule is CCNC(=NCCCCn1ccnc1C)N1CCC(CN2CCOCC2)C1. The van der Waals surface area contributed by atoms with Crippen LogP contribution in [0.25, 0.3) is 0 Å². The van der Waals surface area contributed by atoms with Gasteiger partial charge in [0.05, 0.1) is 13.2 Å². The van der Waals surface area contributed by atoms with Gasteiger partial charge < -0.3 is 19.5 Å². The highest BCUT2D eigenvalue weighted by molar-refractivity contribution is 5.80. The third kappa shape index (κ3) is 6.21. The van der Waals surface area contributed by atoms with Crippen LogP contribution in [0.4, 0.5) is 0 Å². The Hall–Kier alpha value is -1.60. The molecule has 3 heterocycles. The van der Waals surface area contributed by atoms with Gasteiger partial charge in [0.2, 0.25) is 0 Å². The minimum Gasteiger partial charge on any atom is -0.379 e. The van der Waals surface area contributed by atoms with Gasteiger partial charge in [-0.15, -0.1) is 0 Å². The number of nitrogens with zero attached hydrogens (tertiary/aromatic N) is 5. The van der Waals surface area contributed by atoms with Gasteiger partial charge in [0.15, 0.2) is 5.96 Å². The average molecular weight is 377 g/mol. The second kappa shape index (κ2) is 10.7. The number of aromatic nitrogens is 2. The van der Waals surface area contributed by atoms with E-state index < -0.39 is 0 Å². The van der Waals surface area contributed by atoms with E-state index in [1.165, 1.54) is 13.0 Å². The predicted molar refractivity (Wildman–Crippen MR) is 109 cm³/mol. The Labute approximate surface area is 163 Å². The molecule has 0 radical (unpaired) electrons. The van der Waals surface area contributed by atoms with Crippen LogP contribution >= 0.6 is 0 Å². The summed E-state index contributed by atoms with van der Waals surface area (Å²) in [5.74, 6) is 2.94. The standard InChI is InChI=1S/C20H36N6O/c1-3-21-20(23-7-4-5-9-25-11-8-22-18(25)2)26-10-6-19(17-26)16-24-12-14-27-15-13-24/h8,11,19H,3-7,9-10,12-17H2,1-2H3,(H,21,23). The molecular weight excluding hydrogens is 340 g/mol. The Morgan fingerprint density at radius 1 is 1.30 bits per heavy atom. The van der Waals surface area contributed by atoms with E-state index in [0.717, 1.165) is 89.6 Å². The summed E-state index contributed by atoms with van der Waals surface area (Å²) in [7, 11) is 0. The smallest absolute Gasteiger partial charge is 0.193 e.